The number of ether oxygens (including phenoxy) is 1. The SMILES string of the molecule is Cc1cc(C)c2c(OCC(=O)N3CCC[C@@H](c4n[nH]c(C)n4)C3)nn(C)c2n1. The Kier molecular flexibility index (Phi) is 4.74. The summed E-state index contributed by atoms with van der Waals surface area (Å²) in [6, 6.07) is 1.99. The Morgan fingerprint density at radius 1 is 1.32 bits per heavy atom. The first-order chi connectivity index (χ1) is 13.4. The van der Waals surface area contributed by atoms with Crippen LogP contribution in [0.15, 0.2) is 6.07 Å². The van der Waals surface area contributed by atoms with E-state index in [1.54, 1.807) is 4.68 Å². The van der Waals surface area contributed by atoms with Crippen molar-refractivity contribution in [3.63, 3.8) is 0 Å². The lowest BCUT2D eigenvalue weighted by Crippen LogP contribution is -2.41. The number of H-pyrrole nitrogens is 1. The average Bonchev–Trinajstić information content (AvgIpc) is 3.23. The summed E-state index contributed by atoms with van der Waals surface area (Å²) in [4.78, 5) is 23.5. The van der Waals surface area contributed by atoms with Gasteiger partial charge in [0.15, 0.2) is 18.1 Å². The van der Waals surface area contributed by atoms with Crippen LogP contribution in [0.25, 0.3) is 11.0 Å². The van der Waals surface area contributed by atoms with Crippen molar-refractivity contribution in [3.8, 4) is 5.88 Å². The molecule has 1 aliphatic heterocycles. The lowest BCUT2D eigenvalue weighted by Gasteiger charge is -2.31. The number of piperidine rings is 1. The Labute approximate surface area is 163 Å². The highest BCUT2D eigenvalue weighted by Crippen LogP contribution is 2.28. The minimum atomic E-state index is -0.0477. The van der Waals surface area contributed by atoms with E-state index in [2.05, 4.69) is 25.3 Å². The summed E-state index contributed by atoms with van der Waals surface area (Å²) >= 11 is 0. The van der Waals surface area contributed by atoms with E-state index in [-0.39, 0.29) is 18.4 Å². The van der Waals surface area contributed by atoms with Gasteiger partial charge in [-0.05, 0) is 45.2 Å². The molecular formula is C19H25N7O2. The van der Waals surface area contributed by atoms with Gasteiger partial charge < -0.3 is 9.64 Å². The molecule has 1 saturated heterocycles. The molecule has 1 atom stereocenters. The van der Waals surface area contributed by atoms with Crippen LogP contribution < -0.4 is 4.74 Å². The Morgan fingerprint density at radius 2 is 2.14 bits per heavy atom. The Balaban J connectivity index is 1.45. The highest BCUT2D eigenvalue weighted by Gasteiger charge is 2.27. The summed E-state index contributed by atoms with van der Waals surface area (Å²) in [6.45, 7) is 7.13. The number of aromatic nitrogens is 6. The van der Waals surface area contributed by atoms with Crippen LogP contribution in [-0.2, 0) is 11.8 Å². The number of pyridine rings is 1. The molecule has 0 radical (unpaired) electrons. The fraction of sp³-hybridized carbons (Fsp3) is 0.526. The summed E-state index contributed by atoms with van der Waals surface area (Å²) < 4.78 is 7.51. The van der Waals surface area contributed by atoms with Gasteiger partial charge in [-0.2, -0.15) is 5.10 Å². The second-order valence-corrected chi connectivity index (χ2v) is 7.45. The van der Waals surface area contributed by atoms with Crippen LogP contribution in [0.3, 0.4) is 0 Å². The molecule has 0 aliphatic carbocycles. The van der Waals surface area contributed by atoms with Crippen LogP contribution in [0.4, 0.5) is 0 Å². The van der Waals surface area contributed by atoms with Gasteiger partial charge in [0.2, 0.25) is 5.88 Å². The number of hydrogen-bond donors (Lipinski definition) is 1. The van der Waals surface area contributed by atoms with Crippen LogP contribution in [0, 0.1) is 20.8 Å². The van der Waals surface area contributed by atoms with Gasteiger partial charge in [-0.1, -0.05) is 0 Å². The predicted molar refractivity (Wildman–Crippen MR) is 103 cm³/mol. The lowest BCUT2D eigenvalue weighted by atomic mass is 9.97. The number of carbonyl (C=O) groups is 1. The molecule has 1 aliphatic rings. The summed E-state index contributed by atoms with van der Waals surface area (Å²) in [6.07, 6.45) is 1.91. The Morgan fingerprint density at radius 3 is 2.89 bits per heavy atom. The second kappa shape index (κ2) is 7.21. The van der Waals surface area contributed by atoms with E-state index in [9.17, 15) is 4.79 Å². The molecule has 0 aromatic carbocycles. The van der Waals surface area contributed by atoms with Crippen molar-refractivity contribution in [2.75, 3.05) is 19.7 Å². The molecule has 28 heavy (non-hydrogen) atoms. The lowest BCUT2D eigenvalue weighted by molar-refractivity contribution is -0.134. The molecule has 4 heterocycles. The molecule has 1 fully saturated rings. The molecule has 0 saturated carbocycles. The maximum absolute atomic E-state index is 12.7. The zero-order valence-corrected chi connectivity index (χ0v) is 16.7. The van der Waals surface area contributed by atoms with Crippen molar-refractivity contribution in [3.05, 3.63) is 29.0 Å². The molecule has 0 unspecified atom stereocenters. The third-order valence-electron chi connectivity index (χ3n) is 5.17. The van der Waals surface area contributed by atoms with Gasteiger partial charge in [0, 0.05) is 31.7 Å². The fourth-order valence-corrected chi connectivity index (χ4v) is 3.83. The highest BCUT2D eigenvalue weighted by atomic mass is 16.5. The van der Waals surface area contributed by atoms with Crippen LogP contribution in [-0.4, -0.2) is 60.4 Å². The molecule has 148 valence electrons. The zero-order chi connectivity index (χ0) is 19.8. The fourth-order valence-electron chi connectivity index (χ4n) is 3.83. The van der Waals surface area contributed by atoms with Gasteiger partial charge in [-0.15, -0.1) is 5.10 Å². The maximum atomic E-state index is 12.7. The van der Waals surface area contributed by atoms with Crippen LogP contribution in [0.1, 0.15) is 41.7 Å². The molecule has 3 aromatic heterocycles. The monoisotopic (exact) mass is 383 g/mol. The molecule has 0 spiro atoms. The van der Waals surface area contributed by atoms with Crippen molar-refractivity contribution in [1.82, 2.24) is 34.8 Å². The van der Waals surface area contributed by atoms with E-state index in [4.69, 9.17) is 4.74 Å². The molecular weight excluding hydrogens is 358 g/mol. The topological polar surface area (TPSA) is 102 Å². The normalized spacial score (nSPS) is 17.3. The van der Waals surface area contributed by atoms with Crippen LogP contribution >= 0.6 is 0 Å². The number of nitrogens with one attached hydrogen (secondary N) is 1. The number of likely N-dealkylation sites (tertiary alicyclic amines) is 1. The largest absolute Gasteiger partial charge is 0.466 e. The number of fused-ring (bicyclic) bond motifs is 1. The Bertz CT molecular complexity index is 1020. The van der Waals surface area contributed by atoms with Gasteiger partial charge >= 0.3 is 0 Å². The van der Waals surface area contributed by atoms with Crippen molar-refractivity contribution in [2.24, 2.45) is 7.05 Å². The van der Waals surface area contributed by atoms with Gasteiger partial charge in [-0.25, -0.2) is 14.6 Å². The van der Waals surface area contributed by atoms with Crippen molar-refractivity contribution < 1.29 is 9.53 Å². The smallest absolute Gasteiger partial charge is 0.260 e. The minimum absolute atomic E-state index is 0.0425. The number of hydrogen-bond acceptors (Lipinski definition) is 6. The summed E-state index contributed by atoms with van der Waals surface area (Å²) in [5.74, 6) is 2.14. The number of carbonyl (C=O) groups excluding carboxylic acids is 1. The number of amides is 1. The molecule has 4 rings (SSSR count). The van der Waals surface area contributed by atoms with Crippen LogP contribution in [0.5, 0.6) is 5.88 Å². The van der Waals surface area contributed by atoms with Crippen molar-refractivity contribution >= 4 is 16.9 Å². The van der Waals surface area contributed by atoms with E-state index < -0.39 is 0 Å². The highest BCUT2D eigenvalue weighted by molar-refractivity contribution is 5.85. The van der Waals surface area contributed by atoms with E-state index in [0.29, 0.717) is 12.4 Å². The Hall–Kier alpha value is -2.97. The minimum Gasteiger partial charge on any atom is -0.466 e. The first-order valence-corrected chi connectivity index (χ1v) is 9.53. The predicted octanol–water partition coefficient (Wildman–Crippen LogP) is 1.80. The number of nitrogens with zero attached hydrogens (tertiary/aromatic N) is 6. The van der Waals surface area contributed by atoms with E-state index in [1.807, 2.05) is 38.8 Å². The van der Waals surface area contributed by atoms with Gasteiger partial charge in [0.25, 0.3) is 5.91 Å². The van der Waals surface area contributed by atoms with Crippen molar-refractivity contribution in [1.29, 1.82) is 0 Å². The third-order valence-corrected chi connectivity index (χ3v) is 5.17. The third kappa shape index (κ3) is 3.44. The summed E-state index contributed by atoms with van der Waals surface area (Å²) in [7, 11) is 1.83. The van der Waals surface area contributed by atoms with E-state index in [0.717, 1.165) is 53.3 Å². The van der Waals surface area contributed by atoms with E-state index in [1.165, 1.54) is 0 Å². The summed E-state index contributed by atoms with van der Waals surface area (Å²) in [5.41, 5.74) is 2.73. The standard InChI is InChI=1S/C19H25N7O2/c1-11-8-12(2)20-18-16(11)19(24-25(18)4)28-10-15(27)26-7-5-6-14(9-26)17-21-13(3)22-23-17/h8,14H,5-7,9-10H2,1-4H3,(H,21,22,23)/t14-/m1/s1. The second-order valence-electron chi connectivity index (χ2n) is 7.45. The molecule has 3 aromatic rings. The van der Waals surface area contributed by atoms with E-state index >= 15 is 0 Å². The molecule has 9 heteroatoms. The molecule has 0 bridgehead atoms. The van der Waals surface area contributed by atoms with Gasteiger partial charge in [-0.3, -0.25) is 9.89 Å². The maximum Gasteiger partial charge on any atom is 0.260 e. The van der Waals surface area contributed by atoms with Gasteiger partial charge in [0.05, 0.1) is 5.39 Å². The molecule has 1 amide bonds. The van der Waals surface area contributed by atoms with Gasteiger partial charge in [0.1, 0.15) is 5.82 Å². The quantitative estimate of drug-likeness (QED) is 0.737. The number of rotatable bonds is 4. The number of aromatic amines is 1. The number of aryl methyl sites for hydroxylation is 4. The first-order valence-electron chi connectivity index (χ1n) is 9.53. The first kappa shape index (κ1) is 18.4. The molecule has 1 N–H and O–H groups in total. The summed E-state index contributed by atoms with van der Waals surface area (Å²) in [5, 5.41) is 12.4. The average molecular weight is 383 g/mol. The zero-order valence-electron chi connectivity index (χ0n) is 16.7. The van der Waals surface area contributed by atoms with Crippen molar-refractivity contribution in [2.45, 2.75) is 39.5 Å². The van der Waals surface area contributed by atoms with Crippen LogP contribution in [0.2, 0.25) is 0 Å². The molecule has 9 nitrogen and oxygen atoms in total.